The maximum absolute atomic E-state index is 4.98. The lowest BCUT2D eigenvalue weighted by atomic mass is 10.6. The third-order valence-electron chi connectivity index (χ3n) is 1.33. The zero-order chi connectivity index (χ0) is 7.14. The maximum atomic E-state index is 4.98. The van der Waals surface area contributed by atoms with E-state index in [0.717, 1.165) is 10.7 Å². The smallest absolute Gasteiger partial charge is 0.214 e. The Bertz CT molecular complexity index is 408. The maximum Gasteiger partial charge on any atom is 0.214 e. The first-order chi connectivity index (χ1) is 4.79. The molecule has 0 aliphatic heterocycles. The lowest BCUT2D eigenvalue weighted by Gasteiger charge is -1.82. The van der Waals surface area contributed by atoms with E-state index in [1.807, 2.05) is 16.7 Å². The normalized spacial score (nSPS) is 10.9. The Labute approximate surface area is 66.3 Å². The van der Waals surface area contributed by atoms with Crippen molar-refractivity contribution >= 4 is 28.5 Å². The molecular weight excluding hydrogens is 166 g/mol. The van der Waals surface area contributed by atoms with Gasteiger partial charge in [0.05, 0.1) is 0 Å². The summed E-state index contributed by atoms with van der Waals surface area (Å²) in [5.74, 6) is 0. The number of nitrogens with one attached hydrogen (secondary N) is 1. The fraction of sp³-hybridized carbons (Fsp3) is 0.200. The molecule has 0 spiro atoms. The number of hydrogen-bond donors (Lipinski definition) is 1. The Morgan fingerprint density at radius 2 is 2.60 bits per heavy atom. The van der Waals surface area contributed by atoms with Gasteiger partial charge in [0.25, 0.3) is 0 Å². The van der Waals surface area contributed by atoms with E-state index in [-0.39, 0.29) is 0 Å². The molecule has 0 aromatic carbocycles. The van der Waals surface area contributed by atoms with Crippen molar-refractivity contribution in [2.24, 2.45) is 0 Å². The second kappa shape index (κ2) is 1.90. The van der Waals surface area contributed by atoms with Crippen molar-refractivity contribution in [2.75, 3.05) is 0 Å². The van der Waals surface area contributed by atoms with E-state index in [0.29, 0.717) is 4.77 Å². The quantitative estimate of drug-likeness (QED) is 0.613. The van der Waals surface area contributed by atoms with Crippen molar-refractivity contribution in [1.29, 1.82) is 0 Å². The molecule has 5 heteroatoms. The molecule has 0 radical (unpaired) electrons. The molecular formula is C5H5N3S2. The van der Waals surface area contributed by atoms with E-state index in [9.17, 15) is 0 Å². The molecule has 0 aliphatic carbocycles. The van der Waals surface area contributed by atoms with E-state index in [1.165, 1.54) is 0 Å². The van der Waals surface area contributed by atoms with Crippen molar-refractivity contribution in [2.45, 2.75) is 6.92 Å². The first-order valence-corrected chi connectivity index (χ1v) is 4.09. The Hall–Kier alpha value is -0.680. The van der Waals surface area contributed by atoms with Crippen molar-refractivity contribution in [3.8, 4) is 0 Å². The highest BCUT2D eigenvalue weighted by Crippen LogP contribution is 2.12. The van der Waals surface area contributed by atoms with Gasteiger partial charge in [-0.25, -0.2) is 0 Å². The minimum absolute atomic E-state index is 0.675. The summed E-state index contributed by atoms with van der Waals surface area (Å²) in [6, 6.07) is 0. The number of H-pyrrole nitrogens is 1. The van der Waals surface area contributed by atoms with Gasteiger partial charge in [0.2, 0.25) is 9.73 Å². The topological polar surface area (TPSA) is 33.1 Å². The Balaban J connectivity index is 3.12. The lowest BCUT2D eigenvalue weighted by molar-refractivity contribution is 1.05. The molecule has 52 valence electrons. The van der Waals surface area contributed by atoms with E-state index in [4.69, 9.17) is 12.2 Å². The summed E-state index contributed by atoms with van der Waals surface area (Å²) in [5.41, 5.74) is 1.14. The van der Waals surface area contributed by atoms with Crippen LogP contribution in [0.4, 0.5) is 0 Å². The van der Waals surface area contributed by atoms with Gasteiger partial charge in [0.1, 0.15) is 0 Å². The Morgan fingerprint density at radius 3 is 3.30 bits per heavy atom. The number of rotatable bonds is 0. The van der Waals surface area contributed by atoms with Gasteiger partial charge in [-0.1, -0.05) is 0 Å². The largest absolute Gasteiger partial charge is 0.263 e. The second-order valence-corrected chi connectivity index (χ2v) is 3.25. The number of nitrogens with zero attached hydrogens (tertiary/aromatic N) is 2. The Kier molecular flexibility index (Phi) is 1.15. The minimum Gasteiger partial charge on any atom is -0.263 e. The summed E-state index contributed by atoms with van der Waals surface area (Å²) < 4.78 is 2.59. The lowest BCUT2D eigenvalue weighted by Crippen LogP contribution is -1.80. The molecule has 2 aromatic heterocycles. The summed E-state index contributed by atoms with van der Waals surface area (Å²) in [5, 5.41) is 8.76. The van der Waals surface area contributed by atoms with Crippen LogP contribution in [0.2, 0.25) is 0 Å². The molecule has 0 fully saturated rings. The SMILES string of the molecule is Cc1csc2n[nH]c(=S)n12. The highest BCUT2D eigenvalue weighted by Gasteiger charge is 2.00. The summed E-state index contributed by atoms with van der Waals surface area (Å²) in [6.45, 7) is 2.01. The van der Waals surface area contributed by atoms with Crippen molar-refractivity contribution < 1.29 is 0 Å². The molecule has 3 nitrogen and oxygen atoms in total. The van der Waals surface area contributed by atoms with Gasteiger partial charge in [0, 0.05) is 11.1 Å². The van der Waals surface area contributed by atoms with Crippen LogP contribution in [0, 0.1) is 11.7 Å². The number of fused-ring (bicyclic) bond motifs is 1. The van der Waals surface area contributed by atoms with Crippen LogP contribution >= 0.6 is 23.6 Å². The number of aromatic amines is 1. The second-order valence-electron chi connectivity index (χ2n) is 2.02. The summed E-state index contributed by atoms with van der Waals surface area (Å²) in [4.78, 5) is 0.933. The van der Waals surface area contributed by atoms with Crippen LogP contribution in [0.1, 0.15) is 5.69 Å². The van der Waals surface area contributed by atoms with Crippen LogP contribution in [0.15, 0.2) is 5.38 Å². The number of aryl methyl sites for hydroxylation is 1. The van der Waals surface area contributed by atoms with Gasteiger partial charge < -0.3 is 0 Å². The number of thiazole rings is 1. The average Bonchev–Trinajstić information content (AvgIpc) is 2.40. The van der Waals surface area contributed by atoms with Crippen LogP contribution in [-0.2, 0) is 0 Å². The molecule has 2 rings (SSSR count). The molecule has 10 heavy (non-hydrogen) atoms. The van der Waals surface area contributed by atoms with Crippen molar-refractivity contribution in [1.82, 2.24) is 14.6 Å². The summed E-state index contributed by atoms with van der Waals surface area (Å²) in [7, 11) is 0. The first-order valence-electron chi connectivity index (χ1n) is 2.80. The van der Waals surface area contributed by atoms with E-state index < -0.39 is 0 Å². The molecule has 0 bridgehead atoms. The van der Waals surface area contributed by atoms with Crippen LogP contribution in [-0.4, -0.2) is 14.6 Å². The number of hydrogen-bond acceptors (Lipinski definition) is 3. The third-order valence-corrected chi connectivity index (χ3v) is 2.55. The van der Waals surface area contributed by atoms with Crippen LogP contribution < -0.4 is 0 Å². The molecule has 0 saturated carbocycles. The molecule has 0 saturated heterocycles. The van der Waals surface area contributed by atoms with Gasteiger partial charge in [-0.15, -0.1) is 16.4 Å². The fourth-order valence-electron chi connectivity index (χ4n) is 0.863. The zero-order valence-corrected chi connectivity index (χ0v) is 6.92. The van der Waals surface area contributed by atoms with Gasteiger partial charge in [-0.2, -0.15) is 0 Å². The van der Waals surface area contributed by atoms with Crippen molar-refractivity contribution in [3.05, 3.63) is 15.8 Å². The molecule has 2 heterocycles. The van der Waals surface area contributed by atoms with E-state index >= 15 is 0 Å². The van der Waals surface area contributed by atoms with Gasteiger partial charge in [-0.05, 0) is 19.1 Å². The Morgan fingerprint density at radius 1 is 1.80 bits per heavy atom. The van der Waals surface area contributed by atoms with Crippen LogP contribution in [0.25, 0.3) is 4.96 Å². The van der Waals surface area contributed by atoms with Crippen LogP contribution in [0.3, 0.4) is 0 Å². The molecule has 0 unspecified atom stereocenters. The summed E-state index contributed by atoms with van der Waals surface area (Å²) in [6.07, 6.45) is 0. The average molecular weight is 171 g/mol. The zero-order valence-electron chi connectivity index (χ0n) is 5.29. The van der Waals surface area contributed by atoms with Crippen LogP contribution in [0.5, 0.6) is 0 Å². The molecule has 0 aliphatic rings. The minimum atomic E-state index is 0.675. The predicted molar refractivity (Wildman–Crippen MR) is 43.0 cm³/mol. The highest BCUT2D eigenvalue weighted by atomic mass is 32.1. The van der Waals surface area contributed by atoms with E-state index in [2.05, 4.69) is 10.2 Å². The molecule has 0 atom stereocenters. The molecule has 0 amide bonds. The standard InChI is InChI=1S/C5H5N3S2/c1-3-2-10-5-7-6-4(9)8(3)5/h2H,1H3,(H,6,9). The first kappa shape index (κ1) is 6.06. The molecule has 2 aromatic rings. The van der Waals surface area contributed by atoms with E-state index in [1.54, 1.807) is 11.3 Å². The molecule has 1 N–H and O–H groups in total. The number of aromatic nitrogens is 3. The predicted octanol–water partition coefficient (Wildman–Crippen LogP) is 1.76. The van der Waals surface area contributed by atoms with Gasteiger partial charge in [-0.3, -0.25) is 9.50 Å². The monoisotopic (exact) mass is 171 g/mol. The van der Waals surface area contributed by atoms with Gasteiger partial charge >= 0.3 is 0 Å². The summed E-state index contributed by atoms with van der Waals surface area (Å²) >= 11 is 6.57. The van der Waals surface area contributed by atoms with Crippen molar-refractivity contribution in [3.63, 3.8) is 0 Å². The third kappa shape index (κ3) is 0.643. The van der Waals surface area contributed by atoms with Gasteiger partial charge in [0.15, 0.2) is 0 Å². The highest BCUT2D eigenvalue weighted by molar-refractivity contribution is 7.71. The fourth-order valence-corrected chi connectivity index (χ4v) is 2.02.